The molecule has 0 bridgehead atoms. The second-order valence-electron chi connectivity index (χ2n) is 10.0. The number of amides is 1. The molecule has 3 aromatic rings. The summed E-state index contributed by atoms with van der Waals surface area (Å²) < 4.78 is 32.5. The first-order chi connectivity index (χ1) is 18.9. The van der Waals surface area contributed by atoms with E-state index in [9.17, 15) is 23.2 Å². The van der Waals surface area contributed by atoms with E-state index in [0.29, 0.717) is 67.2 Å². The topological polar surface area (TPSA) is 95.6 Å². The summed E-state index contributed by atoms with van der Waals surface area (Å²) in [6, 6.07) is 11.6. The third-order valence-electron chi connectivity index (χ3n) is 7.28. The van der Waals surface area contributed by atoms with Crippen LogP contribution >= 0.6 is 0 Å². The highest BCUT2D eigenvalue weighted by molar-refractivity contribution is 5.97. The van der Waals surface area contributed by atoms with Crippen LogP contribution in [0.2, 0.25) is 0 Å². The summed E-state index contributed by atoms with van der Waals surface area (Å²) in [6.07, 6.45) is 1.71. The number of likely N-dealkylation sites (tertiary alicyclic amines) is 1. The first-order valence-electron chi connectivity index (χ1n) is 13.1. The predicted molar refractivity (Wildman–Crippen MR) is 139 cm³/mol. The van der Waals surface area contributed by atoms with Gasteiger partial charge in [-0.15, -0.1) is 0 Å². The number of carbonyl (C=O) groups excluding carboxylic acids is 2. The van der Waals surface area contributed by atoms with Gasteiger partial charge < -0.3 is 14.6 Å². The Balaban J connectivity index is 1.26. The van der Waals surface area contributed by atoms with Gasteiger partial charge >= 0.3 is 0 Å². The molecule has 5 rings (SSSR count). The first kappa shape index (κ1) is 26.8. The van der Waals surface area contributed by atoms with Gasteiger partial charge in [0.1, 0.15) is 17.5 Å². The number of rotatable bonds is 8. The number of piperidine rings is 1. The Morgan fingerprint density at radius 3 is 2.56 bits per heavy atom. The minimum atomic E-state index is -0.395. The van der Waals surface area contributed by atoms with Crippen LogP contribution in [0.15, 0.2) is 53.3 Å². The SMILES string of the molecule is O=C(c1ccc(F)cc1)C1CCN(CC(=O)N(Cc2cccc(F)c2)Cc2nc3c(c(=O)[nH]2)COCC3)CC1. The molecule has 1 fully saturated rings. The van der Waals surface area contributed by atoms with Gasteiger partial charge in [0, 0.05) is 24.4 Å². The number of aromatic amines is 1. The van der Waals surface area contributed by atoms with E-state index in [1.807, 2.05) is 4.90 Å². The fraction of sp³-hybridized carbons (Fsp3) is 0.379. The van der Waals surface area contributed by atoms with Gasteiger partial charge in [0.05, 0.1) is 37.6 Å². The second-order valence-corrected chi connectivity index (χ2v) is 10.0. The lowest BCUT2D eigenvalue weighted by molar-refractivity contribution is -0.134. The van der Waals surface area contributed by atoms with Crippen molar-refractivity contribution in [3.05, 3.63) is 98.7 Å². The molecule has 1 amide bonds. The number of benzene rings is 2. The molecule has 1 aromatic heterocycles. The molecule has 8 nitrogen and oxygen atoms in total. The number of aromatic nitrogens is 2. The summed E-state index contributed by atoms with van der Waals surface area (Å²) in [4.78, 5) is 49.8. The Morgan fingerprint density at radius 2 is 1.82 bits per heavy atom. The molecule has 39 heavy (non-hydrogen) atoms. The Morgan fingerprint density at radius 1 is 1.05 bits per heavy atom. The molecule has 3 heterocycles. The molecule has 2 aliphatic rings. The van der Waals surface area contributed by atoms with Crippen LogP contribution in [0.25, 0.3) is 0 Å². The van der Waals surface area contributed by atoms with E-state index in [0.717, 1.165) is 0 Å². The number of nitrogens with one attached hydrogen (secondary N) is 1. The highest BCUT2D eigenvalue weighted by atomic mass is 19.1. The second kappa shape index (κ2) is 12.0. The molecule has 204 valence electrons. The third kappa shape index (κ3) is 6.63. The maximum atomic E-state index is 13.9. The van der Waals surface area contributed by atoms with Crippen LogP contribution in [0, 0.1) is 17.6 Å². The van der Waals surface area contributed by atoms with Gasteiger partial charge in [0.25, 0.3) is 5.56 Å². The number of nitrogens with zero attached hydrogens (tertiary/aromatic N) is 3. The standard InChI is InChI=1S/C29H30F2N4O4/c30-22-6-4-20(5-7-22)28(37)21-8-11-34(12-9-21)17-27(36)35(15-19-2-1-3-23(31)14-19)16-26-32-25-10-13-39-18-24(25)29(38)33-26/h1-7,14,21H,8-13,15-18H2,(H,32,33,38). The van der Waals surface area contributed by atoms with E-state index in [4.69, 9.17) is 4.74 Å². The number of ether oxygens (including phenoxy) is 1. The summed E-state index contributed by atoms with van der Waals surface area (Å²) in [6.45, 7) is 2.15. The summed E-state index contributed by atoms with van der Waals surface area (Å²) in [7, 11) is 0. The molecule has 0 saturated carbocycles. The van der Waals surface area contributed by atoms with Gasteiger partial charge in [0.15, 0.2) is 5.78 Å². The minimum absolute atomic E-state index is 0.0125. The van der Waals surface area contributed by atoms with Crippen LogP contribution in [-0.4, -0.2) is 57.7 Å². The molecule has 2 aromatic carbocycles. The largest absolute Gasteiger partial charge is 0.376 e. The number of hydrogen-bond donors (Lipinski definition) is 1. The lowest BCUT2D eigenvalue weighted by Gasteiger charge is -2.32. The van der Waals surface area contributed by atoms with Crippen molar-refractivity contribution in [3.63, 3.8) is 0 Å². The number of H-pyrrole nitrogens is 1. The number of Topliss-reactive ketones (excluding diaryl/α,β-unsaturated/α-hetero) is 1. The Hall–Kier alpha value is -3.76. The summed E-state index contributed by atoms with van der Waals surface area (Å²) in [5, 5.41) is 0. The zero-order chi connectivity index (χ0) is 27.4. The fourth-order valence-corrected chi connectivity index (χ4v) is 5.13. The average molecular weight is 537 g/mol. The van der Waals surface area contributed by atoms with E-state index >= 15 is 0 Å². The normalized spacial score (nSPS) is 16.1. The van der Waals surface area contributed by atoms with Crippen molar-refractivity contribution in [2.45, 2.75) is 39.0 Å². The van der Waals surface area contributed by atoms with Gasteiger partial charge in [-0.3, -0.25) is 19.3 Å². The number of carbonyl (C=O) groups is 2. The molecular formula is C29H30F2N4O4. The number of ketones is 1. The van der Waals surface area contributed by atoms with Crippen molar-refractivity contribution in [1.29, 1.82) is 0 Å². The number of fused-ring (bicyclic) bond motifs is 1. The van der Waals surface area contributed by atoms with Gasteiger partial charge in [-0.2, -0.15) is 0 Å². The summed E-state index contributed by atoms with van der Waals surface area (Å²) >= 11 is 0. The fourth-order valence-electron chi connectivity index (χ4n) is 5.13. The maximum absolute atomic E-state index is 13.9. The Bertz CT molecular complexity index is 1400. The van der Waals surface area contributed by atoms with Crippen LogP contribution < -0.4 is 5.56 Å². The van der Waals surface area contributed by atoms with Crippen LogP contribution in [0.3, 0.4) is 0 Å². The smallest absolute Gasteiger partial charge is 0.256 e. The molecule has 0 unspecified atom stereocenters. The summed E-state index contributed by atoms with van der Waals surface area (Å²) in [5.41, 5.74) is 2.02. The summed E-state index contributed by atoms with van der Waals surface area (Å²) in [5.74, 6) is -0.791. The van der Waals surface area contributed by atoms with E-state index in [1.54, 1.807) is 17.0 Å². The van der Waals surface area contributed by atoms with Crippen molar-refractivity contribution in [3.8, 4) is 0 Å². The molecule has 2 aliphatic heterocycles. The van der Waals surface area contributed by atoms with Gasteiger partial charge in [-0.1, -0.05) is 12.1 Å². The number of hydrogen-bond acceptors (Lipinski definition) is 6. The molecule has 1 N–H and O–H groups in total. The minimum Gasteiger partial charge on any atom is -0.376 e. The highest BCUT2D eigenvalue weighted by Gasteiger charge is 2.28. The van der Waals surface area contributed by atoms with Crippen LogP contribution in [0.4, 0.5) is 8.78 Å². The van der Waals surface area contributed by atoms with E-state index in [-0.39, 0.29) is 55.2 Å². The van der Waals surface area contributed by atoms with Crippen molar-refractivity contribution in [2.75, 3.05) is 26.2 Å². The lowest BCUT2D eigenvalue weighted by Crippen LogP contribution is -2.44. The molecule has 0 spiro atoms. The molecule has 0 radical (unpaired) electrons. The van der Waals surface area contributed by atoms with E-state index in [1.165, 1.54) is 36.4 Å². The van der Waals surface area contributed by atoms with Crippen molar-refractivity contribution < 1.29 is 23.1 Å². The monoisotopic (exact) mass is 536 g/mol. The average Bonchev–Trinajstić information content (AvgIpc) is 2.93. The van der Waals surface area contributed by atoms with Crippen molar-refractivity contribution >= 4 is 11.7 Å². The molecule has 0 aliphatic carbocycles. The van der Waals surface area contributed by atoms with E-state index < -0.39 is 5.82 Å². The van der Waals surface area contributed by atoms with Crippen molar-refractivity contribution in [2.24, 2.45) is 5.92 Å². The molecule has 0 atom stereocenters. The Labute approximate surface area is 224 Å². The lowest BCUT2D eigenvalue weighted by atomic mass is 9.89. The van der Waals surface area contributed by atoms with Gasteiger partial charge in [0.2, 0.25) is 5.91 Å². The zero-order valence-electron chi connectivity index (χ0n) is 21.5. The molecule has 10 heteroatoms. The van der Waals surface area contributed by atoms with Crippen LogP contribution in [0.1, 0.15) is 45.8 Å². The van der Waals surface area contributed by atoms with Gasteiger partial charge in [-0.05, 0) is 67.9 Å². The van der Waals surface area contributed by atoms with Gasteiger partial charge in [-0.25, -0.2) is 13.8 Å². The van der Waals surface area contributed by atoms with Crippen LogP contribution in [0.5, 0.6) is 0 Å². The number of halogens is 2. The predicted octanol–water partition coefficient (Wildman–Crippen LogP) is 3.24. The third-order valence-corrected chi connectivity index (χ3v) is 7.28. The van der Waals surface area contributed by atoms with E-state index in [2.05, 4.69) is 9.97 Å². The molecular weight excluding hydrogens is 506 g/mol. The maximum Gasteiger partial charge on any atom is 0.256 e. The van der Waals surface area contributed by atoms with Crippen LogP contribution in [-0.2, 0) is 35.6 Å². The Kier molecular flexibility index (Phi) is 8.23. The quantitative estimate of drug-likeness (QED) is 0.444. The van der Waals surface area contributed by atoms with Crippen molar-refractivity contribution in [1.82, 2.24) is 19.8 Å². The molecule has 1 saturated heterocycles. The first-order valence-corrected chi connectivity index (χ1v) is 13.1. The highest BCUT2D eigenvalue weighted by Crippen LogP contribution is 2.22. The zero-order valence-corrected chi connectivity index (χ0v) is 21.5.